The van der Waals surface area contributed by atoms with Crippen molar-refractivity contribution < 1.29 is 4.39 Å². The number of imidazole rings is 1. The molecule has 110 valence electrons. The Labute approximate surface area is 124 Å². The number of halogens is 1. The SMILES string of the molecule is FC1(CCC2c3ncccc3-c3cncn32)CCCCC1. The lowest BCUT2D eigenvalue weighted by molar-refractivity contribution is 0.0901. The predicted octanol–water partition coefficient (Wildman–Crippen LogP) is 4.30. The Morgan fingerprint density at radius 3 is 3.00 bits per heavy atom. The number of hydrogen-bond acceptors (Lipinski definition) is 2. The summed E-state index contributed by atoms with van der Waals surface area (Å²) in [5, 5.41) is 0. The van der Waals surface area contributed by atoms with Crippen LogP contribution in [-0.2, 0) is 0 Å². The highest BCUT2D eigenvalue weighted by molar-refractivity contribution is 5.66. The molecule has 21 heavy (non-hydrogen) atoms. The molecule has 2 aromatic heterocycles. The topological polar surface area (TPSA) is 30.7 Å². The lowest BCUT2D eigenvalue weighted by atomic mass is 9.82. The molecule has 3 nitrogen and oxygen atoms in total. The molecule has 1 fully saturated rings. The molecule has 1 saturated carbocycles. The molecule has 0 amide bonds. The number of aromatic nitrogens is 3. The van der Waals surface area contributed by atoms with Gasteiger partial charge in [-0.1, -0.05) is 19.3 Å². The molecule has 2 aromatic rings. The van der Waals surface area contributed by atoms with Gasteiger partial charge in [0.25, 0.3) is 0 Å². The summed E-state index contributed by atoms with van der Waals surface area (Å²) in [5.74, 6) is 0. The highest BCUT2D eigenvalue weighted by atomic mass is 19.1. The van der Waals surface area contributed by atoms with Crippen LogP contribution >= 0.6 is 0 Å². The van der Waals surface area contributed by atoms with E-state index in [1.54, 1.807) is 0 Å². The Morgan fingerprint density at radius 2 is 2.14 bits per heavy atom. The molecule has 0 radical (unpaired) electrons. The van der Waals surface area contributed by atoms with Crippen molar-refractivity contribution >= 4 is 0 Å². The van der Waals surface area contributed by atoms with Crippen LogP contribution in [0.1, 0.15) is 56.7 Å². The summed E-state index contributed by atoms with van der Waals surface area (Å²) in [4.78, 5) is 8.79. The Bertz CT molecular complexity index is 643. The first kappa shape index (κ1) is 13.0. The Hall–Kier alpha value is -1.71. The van der Waals surface area contributed by atoms with Crippen LogP contribution in [0, 0.1) is 0 Å². The van der Waals surface area contributed by atoms with E-state index in [-0.39, 0.29) is 6.04 Å². The number of fused-ring (bicyclic) bond motifs is 3. The number of nitrogens with zero attached hydrogens (tertiary/aromatic N) is 3. The van der Waals surface area contributed by atoms with Gasteiger partial charge in [0.2, 0.25) is 0 Å². The van der Waals surface area contributed by atoms with Crippen molar-refractivity contribution in [3.05, 3.63) is 36.5 Å². The average molecular weight is 285 g/mol. The maximum Gasteiger partial charge on any atom is 0.111 e. The summed E-state index contributed by atoms with van der Waals surface area (Å²) in [6.45, 7) is 0. The molecule has 1 aliphatic carbocycles. The highest BCUT2D eigenvalue weighted by Gasteiger charge is 2.35. The van der Waals surface area contributed by atoms with Gasteiger partial charge in [-0.25, -0.2) is 9.37 Å². The molecule has 2 aliphatic rings. The first-order chi connectivity index (χ1) is 10.3. The number of alkyl halides is 1. The van der Waals surface area contributed by atoms with E-state index in [0.717, 1.165) is 49.1 Å². The standard InChI is InChI=1S/C17H20FN3/c18-17(7-2-1-3-8-17)9-6-14-16-13(5-4-10-20-16)15-11-19-12-21(14)15/h4-5,10-12,14H,1-3,6-9H2. The van der Waals surface area contributed by atoms with E-state index in [2.05, 4.69) is 20.6 Å². The minimum atomic E-state index is -0.962. The van der Waals surface area contributed by atoms with E-state index >= 15 is 0 Å². The fourth-order valence-electron chi connectivity index (χ4n) is 3.90. The second kappa shape index (κ2) is 4.93. The van der Waals surface area contributed by atoms with Crippen molar-refractivity contribution in [3.63, 3.8) is 0 Å². The van der Waals surface area contributed by atoms with Gasteiger partial charge in [-0.05, 0) is 37.8 Å². The van der Waals surface area contributed by atoms with E-state index < -0.39 is 5.67 Å². The largest absolute Gasteiger partial charge is 0.321 e. The lowest BCUT2D eigenvalue weighted by Crippen LogP contribution is -2.27. The van der Waals surface area contributed by atoms with Crippen molar-refractivity contribution in [1.29, 1.82) is 0 Å². The quantitative estimate of drug-likeness (QED) is 0.841. The second-order valence-electron chi connectivity index (χ2n) is 6.39. The number of rotatable bonds is 3. The van der Waals surface area contributed by atoms with Crippen LogP contribution in [0.15, 0.2) is 30.9 Å². The first-order valence-electron chi connectivity index (χ1n) is 7.93. The predicted molar refractivity (Wildman–Crippen MR) is 79.8 cm³/mol. The molecular weight excluding hydrogens is 265 g/mol. The normalized spacial score (nSPS) is 22.8. The van der Waals surface area contributed by atoms with Gasteiger partial charge in [-0.3, -0.25) is 4.98 Å². The van der Waals surface area contributed by atoms with E-state index in [0.29, 0.717) is 6.42 Å². The molecule has 4 heteroatoms. The van der Waals surface area contributed by atoms with Gasteiger partial charge in [0.05, 0.1) is 30.0 Å². The van der Waals surface area contributed by atoms with Crippen molar-refractivity contribution in [2.75, 3.05) is 0 Å². The summed E-state index contributed by atoms with van der Waals surface area (Å²) in [5.41, 5.74) is 2.38. The van der Waals surface area contributed by atoms with Gasteiger partial charge in [-0.15, -0.1) is 0 Å². The van der Waals surface area contributed by atoms with Crippen LogP contribution in [-0.4, -0.2) is 20.2 Å². The Morgan fingerprint density at radius 1 is 1.29 bits per heavy atom. The van der Waals surface area contributed by atoms with Crippen LogP contribution in [0.25, 0.3) is 11.3 Å². The zero-order valence-corrected chi connectivity index (χ0v) is 12.1. The van der Waals surface area contributed by atoms with Gasteiger partial charge in [0, 0.05) is 11.8 Å². The zero-order chi connectivity index (χ0) is 14.3. The molecule has 1 atom stereocenters. The van der Waals surface area contributed by atoms with Crippen molar-refractivity contribution in [2.45, 2.75) is 56.7 Å². The minimum Gasteiger partial charge on any atom is -0.321 e. The smallest absolute Gasteiger partial charge is 0.111 e. The van der Waals surface area contributed by atoms with E-state index in [4.69, 9.17) is 0 Å². The highest BCUT2D eigenvalue weighted by Crippen LogP contribution is 2.43. The van der Waals surface area contributed by atoms with Crippen molar-refractivity contribution in [2.24, 2.45) is 0 Å². The summed E-state index contributed by atoms with van der Waals surface area (Å²) in [6, 6.07) is 4.19. The van der Waals surface area contributed by atoms with Gasteiger partial charge in [0.15, 0.2) is 0 Å². The van der Waals surface area contributed by atoms with E-state index in [1.165, 1.54) is 6.42 Å². The molecule has 4 rings (SSSR count). The minimum absolute atomic E-state index is 0.147. The Kier molecular flexibility index (Phi) is 3.05. The van der Waals surface area contributed by atoms with Gasteiger partial charge in [-0.2, -0.15) is 0 Å². The van der Waals surface area contributed by atoms with Crippen LogP contribution in [0.5, 0.6) is 0 Å². The van der Waals surface area contributed by atoms with Gasteiger partial charge in [0.1, 0.15) is 5.67 Å². The first-order valence-corrected chi connectivity index (χ1v) is 7.93. The van der Waals surface area contributed by atoms with E-state index in [1.807, 2.05) is 24.8 Å². The molecule has 0 bridgehead atoms. The molecule has 1 unspecified atom stereocenters. The summed E-state index contributed by atoms with van der Waals surface area (Å²) >= 11 is 0. The molecule has 0 aromatic carbocycles. The molecule has 1 aliphatic heterocycles. The van der Waals surface area contributed by atoms with Gasteiger partial charge < -0.3 is 4.57 Å². The lowest BCUT2D eigenvalue weighted by Gasteiger charge is -2.30. The van der Waals surface area contributed by atoms with Crippen LogP contribution in [0.4, 0.5) is 4.39 Å². The third-order valence-electron chi connectivity index (χ3n) is 5.05. The third kappa shape index (κ3) is 2.17. The molecule has 3 heterocycles. The average Bonchev–Trinajstić information content (AvgIpc) is 3.07. The fourth-order valence-corrected chi connectivity index (χ4v) is 3.90. The zero-order valence-electron chi connectivity index (χ0n) is 12.1. The summed E-state index contributed by atoms with van der Waals surface area (Å²) < 4.78 is 17.0. The van der Waals surface area contributed by atoms with Crippen molar-refractivity contribution in [1.82, 2.24) is 14.5 Å². The van der Waals surface area contributed by atoms with Crippen molar-refractivity contribution in [3.8, 4) is 11.3 Å². The third-order valence-corrected chi connectivity index (χ3v) is 5.05. The molecule has 0 saturated heterocycles. The van der Waals surface area contributed by atoms with Crippen LogP contribution in [0.2, 0.25) is 0 Å². The van der Waals surface area contributed by atoms with E-state index in [9.17, 15) is 4.39 Å². The Balaban J connectivity index is 1.58. The second-order valence-corrected chi connectivity index (χ2v) is 6.39. The maximum absolute atomic E-state index is 14.9. The molecule has 0 N–H and O–H groups in total. The number of pyridine rings is 1. The number of hydrogen-bond donors (Lipinski definition) is 0. The summed E-state index contributed by atoms with van der Waals surface area (Å²) in [7, 11) is 0. The van der Waals surface area contributed by atoms with Gasteiger partial charge >= 0.3 is 0 Å². The van der Waals surface area contributed by atoms with Crippen LogP contribution < -0.4 is 0 Å². The monoisotopic (exact) mass is 285 g/mol. The maximum atomic E-state index is 14.9. The van der Waals surface area contributed by atoms with Crippen LogP contribution in [0.3, 0.4) is 0 Å². The fraction of sp³-hybridized carbons (Fsp3) is 0.529. The summed E-state index contributed by atoms with van der Waals surface area (Å²) in [6.07, 6.45) is 11.7. The molecular formula is C17H20FN3. The molecule has 0 spiro atoms.